The van der Waals surface area contributed by atoms with Gasteiger partial charge in [-0.05, 0) is 48.0 Å². The van der Waals surface area contributed by atoms with E-state index in [4.69, 9.17) is 34.5 Å². The van der Waals surface area contributed by atoms with Crippen molar-refractivity contribution in [2.24, 2.45) is 5.73 Å². The molecule has 0 bridgehead atoms. The quantitative estimate of drug-likeness (QED) is 0.0662. The molecule has 0 aliphatic carbocycles. The third-order valence-electron chi connectivity index (χ3n) is 6.66. The Kier molecular flexibility index (Phi) is 34.0. The maximum atomic E-state index is 12.8. The number of methoxy groups -OCH3 is 2. The van der Waals surface area contributed by atoms with Crippen LogP contribution >= 0.6 is 12.4 Å². The summed E-state index contributed by atoms with van der Waals surface area (Å²) in [5.74, 6) is 0.450. The predicted octanol–water partition coefficient (Wildman–Crippen LogP) is 4.78. The van der Waals surface area contributed by atoms with Crippen LogP contribution in [-0.2, 0) is 57.2 Å². The number of ether oxygens (including phenoxy) is 6. The minimum atomic E-state index is -1.23. The monoisotopic (exact) mass is 1050 g/mol. The minimum absolute atomic E-state index is 0. The molecule has 3 amide bonds. The van der Waals surface area contributed by atoms with Crippen LogP contribution in [-0.4, -0.2) is 144 Å². The summed E-state index contributed by atoms with van der Waals surface area (Å²) in [6.45, 7) is 20.5. The van der Waals surface area contributed by atoms with Crippen molar-refractivity contribution in [3.63, 3.8) is 0 Å². The smallest absolute Gasteiger partial charge is 0.147 e. The second-order valence-corrected chi connectivity index (χ2v) is 21.4. The number of esters is 4. The van der Waals surface area contributed by atoms with Gasteiger partial charge in [-0.3, -0.25) is 4.79 Å². The van der Waals surface area contributed by atoms with Crippen molar-refractivity contribution in [1.82, 2.24) is 16.0 Å². The van der Waals surface area contributed by atoms with Gasteiger partial charge in [0.05, 0.1) is 0 Å². The van der Waals surface area contributed by atoms with E-state index in [2.05, 4.69) is 26.5 Å². The van der Waals surface area contributed by atoms with Crippen LogP contribution < -0.4 is 21.7 Å². The van der Waals surface area contributed by atoms with Gasteiger partial charge in [0, 0.05) is 6.42 Å². The number of hydrogen-bond acceptors (Lipinski definition) is 15. The Balaban J connectivity index is -0.000000454. The number of hydrogen-bond donors (Lipinski definition) is 5. The summed E-state index contributed by atoms with van der Waals surface area (Å²) in [7, 11) is 2.61. The molecule has 22 heteroatoms. The first-order chi connectivity index (χ1) is 27.7. The minimum Gasteiger partial charge on any atom is -0.147 e. The summed E-state index contributed by atoms with van der Waals surface area (Å²) in [5, 5.41) is 18.2. The normalized spacial score (nSPS) is 13.1. The number of nitrogens with one attached hydrogen (secondary N) is 3. The molecule has 0 unspecified atom stereocenters. The van der Waals surface area contributed by atoms with E-state index < -0.39 is 88.5 Å². The van der Waals surface area contributed by atoms with Crippen molar-refractivity contribution in [1.29, 1.82) is 0 Å². The molecule has 0 aliphatic heterocycles. The largest absolute Gasteiger partial charge is 0.147 e. The van der Waals surface area contributed by atoms with Gasteiger partial charge in [-0.25, -0.2) is 9.59 Å². The first-order valence-electron chi connectivity index (χ1n) is 19.6. The molecule has 62 heavy (non-hydrogen) atoms. The molecule has 0 spiro atoms. The van der Waals surface area contributed by atoms with Gasteiger partial charge in [-0.15, -0.1) is 12.4 Å². The van der Waals surface area contributed by atoms with Crippen molar-refractivity contribution in [2.45, 2.75) is 190 Å². The molecule has 19 nitrogen and oxygen atoms in total. The van der Waals surface area contributed by atoms with E-state index in [0.717, 1.165) is 17.1 Å². The van der Waals surface area contributed by atoms with Crippen LogP contribution in [0.1, 0.15) is 122 Å². The Morgan fingerprint density at radius 2 is 0.887 bits per heavy atom. The number of amides is 3. The summed E-state index contributed by atoms with van der Waals surface area (Å²) in [6.07, 6.45) is -0.716. The zero-order chi connectivity index (χ0) is 48.4. The second-order valence-electron chi connectivity index (χ2n) is 17.3. The maximum absolute atomic E-state index is 12.8. The fraction of sp³-hybridized carbons (Fsp3) is 0.800. The molecule has 0 fully saturated rings. The molecule has 0 aromatic rings. The molecule has 4 atom stereocenters. The van der Waals surface area contributed by atoms with Crippen LogP contribution in [0.3, 0.4) is 0 Å². The average Bonchev–Trinajstić information content (AvgIpc) is 3.09. The maximum Gasteiger partial charge on any atom is -0.147 e. The topological polar surface area (TPSA) is 274 Å². The molecule has 0 radical (unpaired) electrons. The molecule has 0 saturated carbocycles. The molecule has 0 rings (SSSR count). The van der Waals surface area contributed by atoms with Crippen LogP contribution in [0.2, 0.25) is 22.3 Å². The molecule has 0 saturated heterocycles. The van der Waals surface area contributed by atoms with Crippen molar-refractivity contribution in [3.05, 3.63) is 0 Å². The number of carboxylic acids is 1. The number of alkyl carbamates (subject to hydrolysis) is 2. The molecule has 364 valence electrons. The summed E-state index contributed by atoms with van der Waals surface area (Å²) >= 11 is 0.924. The first-order valence-corrected chi connectivity index (χ1v) is 25.4. The molecule has 0 aliphatic rings. The van der Waals surface area contributed by atoms with Crippen LogP contribution in [0.25, 0.3) is 0 Å². The van der Waals surface area contributed by atoms with Crippen LogP contribution in [0, 0.1) is 0 Å². The number of nitrogens with two attached hydrogens (primary N) is 1. The number of carboxylic acid groups (broad SMARTS) is 1. The van der Waals surface area contributed by atoms with E-state index in [9.17, 15) is 38.4 Å². The van der Waals surface area contributed by atoms with Crippen molar-refractivity contribution in [3.8, 4) is 0 Å². The van der Waals surface area contributed by atoms with Crippen molar-refractivity contribution < 1.29 is 71.9 Å². The summed E-state index contributed by atoms with van der Waals surface area (Å²) in [6, 6.07) is -3.51. The molecule has 0 aromatic carbocycles. The van der Waals surface area contributed by atoms with Crippen LogP contribution in [0.4, 0.5) is 9.59 Å². The Bertz CT molecular complexity index is 1400. The van der Waals surface area contributed by atoms with Crippen LogP contribution in [0.5, 0.6) is 0 Å². The zero-order valence-electron chi connectivity index (χ0n) is 39.4. The SMILES string of the molecule is CC(C)(C)OC(=O)CC[C@H](NC(=O)OC(C)(C)C)C(=O)O.COC(=O)[C@@H](N)CC[Se]C.COC(=O)[C@H](CC[Se]C)NC(=O)[C@H](CCC(=O)OC(C)(C)C)NC(=O)OC(C)(C)C.Cl. The summed E-state index contributed by atoms with van der Waals surface area (Å²) in [4.78, 5) is 93.8. The summed E-state index contributed by atoms with van der Waals surface area (Å²) in [5.41, 5.74) is 2.68. The number of aliphatic carboxylic acids is 1. The van der Waals surface area contributed by atoms with E-state index in [1.54, 1.807) is 83.1 Å². The molecule has 0 aromatic heterocycles. The Morgan fingerprint density at radius 1 is 0.532 bits per heavy atom. The standard InChI is InChI=1S/C20H36N2O7Se.C14H25NO6.C6H13NO2Se.ClH/c1-19(2,3)28-15(23)10-9-13(22-18(26)29-20(4,5)6)16(24)21-14(11-12-30-8)17(25)27-7;1-13(2,3)20-10(16)8-7-9(11(17)18)15-12(19)21-14(4,5)6;1-9-6(8)5(7)3-4-10-2;/h13-14H,9-12H2,1-8H3,(H,21,24)(H,22,26);9H,7-8H2,1-6H3,(H,15,19)(H,17,18);5H,3-4,7H2,1-2H3;1H/t13-,14-;9-;5-;/m000./s1. The van der Waals surface area contributed by atoms with Crippen molar-refractivity contribution in [2.75, 3.05) is 14.2 Å². The Hall–Kier alpha value is -3.35. The van der Waals surface area contributed by atoms with Gasteiger partial charge in [-0.2, -0.15) is 0 Å². The Labute approximate surface area is 386 Å². The fourth-order valence-corrected chi connectivity index (χ4v) is 6.16. The number of rotatable bonds is 19. The van der Waals surface area contributed by atoms with Gasteiger partial charge in [-0.1, -0.05) is 0 Å². The second kappa shape index (κ2) is 32.3. The van der Waals surface area contributed by atoms with Crippen LogP contribution in [0.15, 0.2) is 0 Å². The number of carbonyl (C=O) groups excluding carboxylic acids is 7. The zero-order valence-corrected chi connectivity index (χ0v) is 43.7. The Morgan fingerprint density at radius 3 is 1.23 bits per heavy atom. The van der Waals surface area contributed by atoms with Gasteiger partial charge in [0.25, 0.3) is 0 Å². The van der Waals surface area contributed by atoms with Gasteiger partial charge in [0.15, 0.2) is 0 Å². The summed E-state index contributed by atoms with van der Waals surface area (Å²) < 4.78 is 29.7. The third kappa shape index (κ3) is 39.5. The van der Waals surface area contributed by atoms with Crippen molar-refractivity contribution >= 4 is 90.3 Å². The third-order valence-corrected chi connectivity index (χ3v) is 9.36. The van der Waals surface area contributed by atoms with Gasteiger partial charge in [0.1, 0.15) is 17.2 Å². The fourth-order valence-electron chi connectivity index (χ4n) is 4.15. The predicted molar refractivity (Wildman–Crippen MR) is 237 cm³/mol. The van der Waals surface area contributed by atoms with E-state index in [1.165, 1.54) is 14.2 Å². The average molecular weight is 1050 g/mol. The van der Waals surface area contributed by atoms with E-state index in [0.29, 0.717) is 36.3 Å². The van der Waals surface area contributed by atoms with Gasteiger partial charge < -0.3 is 19.9 Å². The molecule has 0 heterocycles. The molecule has 6 N–H and O–H groups in total. The first kappa shape index (κ1) is 65.3. The number of halogens is 1. The van der Waals surface area contributed by atoms with E-state index in [-0.39, 0.29) is 44.1 Å². The van der Waals surface area contributed by atoms with Gasteiger partial charge in [0.2, 0.25) is 0 Å². The molecular weight excluding hydrogens is 970 g/mol. The molecular formula is C40H75ClN4O15Se2. The van der Waals surface area contributed by atoms with E-state index in [1.807, 2.05) is 5.82 Å². The van der Waals surface area contributed by atoms with Gasteiger partial charge >= 0.3 is 270 Å². The van der Waals surface area contributed by atoms with E-state index >= 15 is 0 Å². The number of carbonyl (C=O) groups is 8.